The number of aromatic nitrogens is 4. The fraction of sp³-hybridized carbons (Fsp3) is 0.333. The van der Waals surface area contributed by atoms with E-state index in [0.717, 1.165) is 53.9 Å². The third-order valence-corrected chi connectivity index (χ3v) is 5.75. The average Bonchev–Trinajstić information content (AvgIpc) is 3.19. The normalized spacial score (nSPS) is 19.5. The molecule has 0 amide bonds. The van der Waals surface area contributed by atoms with Crippen LogP contribution in [0.5, 0.6) is 0 Å². The highest BCUT2D eigenvalue weighted by molar-refractivity contribution is 6.30. The number of carbonyl (C=O) groups is 1. The van der Waals surface area contributed by atoms with Crippen molar-refractivity contribution in [2.24, 2.45) is 5.92 Å². The minimum atomic E-state index is -0.369. The van der Waals surface area contributed by atoms with Crippen molar-refractivity contribution in [2.75, 3.05) is 6.61 Å². The first-order chi connectivity index (χ1) is 13.7. The monoisotopic (exact) mass is 396 g/mol. The molecule has 1 aliphatic carbocycles. The van der Waals surface area contributed by atoms with E-state index in [4.69, 9.17) is 16.7 Å². The Morgan fingerprint density at radius 2 is 1.89 bits per heavy atom. The maximum absolute atomic E-state index is 11.8. The largest absolute Gasteiger partial charge is 0.389 e. The zero-order valence-electron chi connectivity index (χ0n) is 15.3. The van der Waals surface area contributed by atoms with E-state index in [1.54, 1.807) is 6.20 Å². The molecule has 2 heterocycles. The molecule has 2 N–H and O–H groups in total. The predicted octanol–water partition coefficient (Wildman–Crippen LogP) is 4.02. The molecule has 0 saturated heterocycles. The number of aliphatic hydroxyl groups is 1. The van der Waals surface area contributed by atoms with Gasteiger partial charge in [0.2, 0.25) is 0 Å². The van der Waals surface area contributed by atoms with Gasteiger partial charge in [0.15, 0.2) is 5.78 Å². The molecule has 1 aliphatic rings. The summed E-state index contributed by atoms with van der Waals surface area (Å²) < 4.78 is 0. The van der Waals surface area contributed by atoms with E-state index in [-0.39, 0.29) is 24.2 Å². The molecule has 1 aromatic carbocycles. The summed E-state index contributed by atoms with van der Waals surface area (Å²) in [6.45, 7) is -0.369. The average molecular weight is 397 g/mol. The molecule has 0 aliphatic heterocycles. The number of rotatable bonds is 5. The van der Waals surface area contributed by atoms with Crippen molar-refractivity contribution in [1.82, 2.24) is 20.2 Å². The van der Waals surface area contributed by atoms with E-state index in [2.05, 4.69) is 20.2 Å². The van der Waals surface area contributed by atoms with Crippen LogP contribution in [0.4, 0.5) is 0 Å². The Hall–Kier alpha value is -2.57. The molecule has 144 valence electrons. The molecule has 0 atom stereocenters. The van der Waals surface area contributed by atoms with E-state index in [1.807, 2.05) is 30.3 Å². The van der Waals surface area contributed by atoms with Gasteiger partial charge >= 0.3 is 0 Å². The molecule has 0 radical (unpaired) electrons. The maximum Gasteiger partial charge on any atom is 0.161 e. The van der Waals surface area contributed by atoms with Crippen LogP contribution in [0.1, 0.15) is 37.3 Å². The fourth-order valence-electron chi connectivity index (χ4n) is 4.00. The summed E-state index contributed by atoms with van der Waals surface area (Å²) in [4.78, 5) is 20.3. The summed E-state index contributed by atoms with van der Waals surface area (Å²) in [6, 6.07) is 9.48. The number of hydrogen-bond donors (Lipinski definition) is 2. The molecule has 0 spiro atoms. The van der Waals surface area contributed by atoms with Crippen molar-refractivity contribution in [3.63, 3.8) is 0 Å². The molecule has 4 rings (SSSR count). The Kier molecular flexibility index (Phi) is 5.50. The van der Waals surface area contributed by atoms with Gasteiger partial charge in [-0.2, -0.15) is 5.10 Å². The molecule has 1 fully saturated rings. The van der Waals surface area contributed by atoms with Crippen LogP contribution in [-0.2, 0) is 4.79 Å². The summed E-state index contributed by atoms with van der Waals surface area (Å²) in [7, 11) is 0. The number of Topliss-reactive ketones (excluding diaryl/α,β-unsaturated/α-hetero) is 1. The Morgan fingerprint density at radius 3 is 2.54 bits per heavy atom. The number of aromatic amines is 1. The standard InChI is InChI=1S/C21H21ClN4O2/c22-16-7-5-15(6-8-16)21-19(17-9-10-23-12-24-17)20(25-26-21)14-3-1-13(2-4-14)18(28)11-27/h5-10,12-14,27H,1-4,11H2,(H,25,26). The van der Waals surface area contributed by atoms with Gasteiger partial charge in [0.25, 0.3) is 0 Å². The number of halogens is 1. The highest BCUT2D eigenvalue weighted by Gasteiger charge is 2.30. The Morgan fingerprint density at radius 1 is 1.14 bits per heavy atom. The summed E-state index contributed by atoms with van der Waals surface area (Å²) in [5.74, 6) is 0.171. The number of nitrogens with zero attached hydrogens (tertiary/aromatic N) is 3. The van der Waals surface area contributed by atoms with E-state index < -0.39 is 0 Å². The van der Waals surface area contributed by atoms with Gasteiger partial charge in [-0.1, -0.05) is 23.7 Å². The van der Waals surface area contributed by atoms with Crippen LogP contribution in [0.2, 0.25) is 5.02 Å². The SMILES string of the molecule is O=C(CO)C1CCC(c2[nH]nc(-c3ccc(Cl)cc3)c2-c2ccncn2)CC1. The van der Waals surface area contributed by atoms with Crippen LogP contribution < -0.4 is 0 Å². The first kappa shape index (κ1) is 18.8. The third kappa shape index (κ3) is 3.70. The second kappa shape index (κ2) is 8.20. The second-order valence-corrected chi connectivity index (χ2v) is 7.57. The first-order valence-electron chi connectivity index (χ1n) is 9.41. The third-order valence-electron chi connectivity index (χ3n) is 5.50. The van der Waals surface area contributed by atoms with Gasteiger partial charge in [0.1, 0.15) is 18.6 Å². The lowest BCUT2D eigenvalue weighted by Gasteiger charge is -2.27. The lowest BCUT2D eigenvalue weighted by Crippen LogP contribution is -2.23. The number of aliphatic hydroxyl groups excluding tert-OH is 1. The zero-order valence-corrected chi connectivity index (χ0v) is 16.1. The smallest absolute Gasteiger partial charge is 0.161 e. The van der Waals surface area contributed by atoms with Gasteiger partial charge in [0.05, 0.1) is 5.69 Å². The Bertz CT molecular complexity index is 948. The summed E-state index contributed by atoms with van der Waals surface area (Å²) in [5.41, 5.74) is 4.63. The number of carbonyl (C=O) groups excluding carboxylic acids is 1. The molecule has 3 aromatic rings. The Balaban J connectivity index is 1.70. The first-order valence-corrected chi connectivity index (χ1v) is 9.79. The lowest BCUT2D eigenvalue weighted by atomic mass is 9.77. The quantitative estimate of drug-likeness (QED) is 0.679. The molecular formula is C21H21ClN4O2. The van der Waals surface area contributed by atoms with Gasteiger partial charge in [-0.15, -0.1) is 0 Å². The maximum atomic E-state index is 11.8. The minimum Gasteiger partial charge on any atom is -0.389 e. The number of ketones is 1. The van der Waals surface area contributed by atoms with E-state index in [0.29, 0.717) is 5.02 Å². The van der Waals surface area contributed by atoms with Crippen molar-refractivity contribution in [1.29, 1.82) is 0 Å². The molecule has 1 saturated carbocycles. The van der Waals surface area contributed by atoms with Crippen molar-refractivity contribution in [2.45, 2.75) is 31.6 Å². The van der Waals surface area contributed by atoms with Crippen molar-refractivity contribution in [3.8, 4) is 22.5 Å². The van der Waals surface area contributed by atoms with Crippen LogP contribution in [0.3, 0.4) is 0 Å². The van der Waals surface area contributed by atoms with Crippen LogP contribution in [0.15, 0.2) is 42.9 Å². The summed E-state index contributed by atoms with van der Waals surface area (Å²) in [5, 5.41) is 17.6. The molecule has 0 bridgehead atoms. The molecule has 2 aromatic heterocycles. The molecule has 0 unspecified atom stereocenters. The van der Waals surface area contributed by atoms with Gasteiger partial charge in [-0.25, -0.2) is 9.97 Å². The van der Waals surface area contributed by atoms with Gasteiger partial charge in [-0.05, 0) is 43.9 Å². The van der Waals surface area contributed by atoms with Crippen LogP contribution in [0, 0.1) is 5.92 Å². The molecule has 6 nitrogen and oxygen atoms in total. The van der Waals surface area contributed by atoms with Gasteiger partial charge in [0, 0.05) is 39.9 Å². The number of benzene rings is 1. The summed E-state index contributed by atoms with van der Waals surface area (Å²) in [6.07, 6.45) is 6.56. The number of H-pyrrole nitrogens is 1. The van der Waals surface area contributed by atoms with Crippen molar-refractivity contribution in [3.05, 3.63) is 53.6 Å². The van der Waals surface area contributed by atoms with Gasteiger partial charge < -0.3 is 5.11 Å². The van der Waals surface area contributed by atoms with E-state index >= 15 is 0 Å². The van der Waals surface area contributed by atoms with Crippen LogP contribution in [0.25, 0.3) is 22.5 Å². The fourth-order valence-corrected chi connectivity index (χ4v) is 4.12. The molecule has 7 heteroatoms. The van der Waals surface area contributed by atoms with Crippen LogP contribution >= 0.6 is 11.6 Å². The summed E-state index contributed by atoms with van der Waals surface area (Å²) >= 11 is 6.04. The van der Waals surface area contributed by atoms with Crippen molar-refractivity contribution >= 4 is 17.4 Å². The number of hydrogen-bond acceptors (Lipinski definition) is 5. The molecule has 28 heavy (non-hydrogen) atoms. The Labute approximate surface area is 168 Å². The second-order valence-electron chi connectivity index (χ2n) is 7.14. The predicted molar refractivity (Wildman–Crippen MR) is 107 cm³/mol. The van der Waals surface area contributed by atoms with Gasteiger partial charge in [-0.3, -0.25) is 9.89 Å². The highest BCUT2D eigenvalue weighted by atomic mass is 35.5. The zero-order chi connectivity index (χ0) is 19.5. The lowest BCUT2D eigenvalue weighted by molar-refractivity contribution is -0.126. The van der Waals surface area contributed by atoms with E-state index in [1.165, 1.54) is 6.33 Å². The number of nitrogens with one attached hydrogen (secondary N) is 1. The highest BCUT2D eigenvalue weighted by Crippen LogP contribution is 2.42. The molecular weight excluding hydrogens is 376 g/mol. The minimum absolute atomic E-state index is 0.0394. The van der Waals surface area contributed by atoms with Crippen molar-refractivity contribution < 1.29 is 9.90 Å². The van der Waals surface area contributed by atoms with Crippen LogP contribution in [-0.4, -0.2) is 37.7 Å². The topological polar surface area (TPSA) is 91.8 Å². The van der Waals surface area contributed by atoms with E-state index in [9.17, 15) is 4.79 Å².